The lowest BCUT2D eigenvalue weighted by Crippen LogP contribution is -2.11. The summed E-state index contributed by atoms with van der Waals surface area (Å²) in [6.07, 6.45) is 0.803. The van der Waals surface area contributed by atoms with Crippen molar-refractivity contribution in [1.29, 1.82) is 5.41 Å². The van der Waals surface area contributed by atoms with Gasteiger partial charge in [0.05, 0.1) is 12.2 Å². The number of ether oxygens (including phenoxy) is 1. The van der Waals surface area contributed by atoms with E-state index in [0.29, 0.717) is 17.7 Å². The highest BCUT2D eigenvalue weighted by atomic mass is 16.5. The summed E-state index contributed by atoms with van der Waals surface area (Å²) in [4.78, 5) is 11.4. The highest BCUT2D eigenvalue weighted by Crippen LogP contribution is 2.05. The molecule has 0 aliphatic carbocycles. The van der Waals surface area contributed by atoms with Crippen molar-refractivity contribution in [1.82, 2.24) is 0 Å². The Labute approximate surface area is 88.6 Å². The Balaban J connectivity index is 2.71. The number of nitrogens with two attached hydrogens (primary N) is 1. The summed E-state index contributed by atoms with van der Waals surface area (Å²) >= 11 is 0. The average molecular weight is 206 g/mol. The van der Waals surface area contributed by atoms with Gasteiger partial charge in [-0.15, -0.1) is 0 Å². The molecule has 4 nitrogen and oxygen atoms in total. The zero-order chi connectivity index (χ0) is 11.3. The third-order valence-electron chi connectivity index (χ3n) is 1.87. The summed E-state index contributed by atoms with van der Waals surface area (Å²) in [5.74, 6) is -0.351. The number of carbonyl (C=O) groups is 1. The van der Waals surface area contributed by atoms with Gasteiger partial charge in [-0.05, 0) is 18.6 Å². The highest BCUT2D eigenvalue weighted by Gasteiger charge is 2.06. The fourth-order valence-corrected chi connectivity index (χ4v) is 1.06. The van der Waals surface area contributed by atoms with Crippen LogP contribution in [0.25, 0.3) is 0 Å². The van der Waals surface area contributed by atoms with Gasteiger partial charge in [-0.1, -0.05) is 19.1 Å². The number of nitrogens with one attached hydrogen (secondary N) is 1. The Hall–Kier alpha value is -1.84. The van der Waals surface area contributed by atoms with Gasteiger partial charge in [0.2, 0.25) is 0 Å². The molecule has 0 fully saturated rings. The van der Waals surface area contributed by atoms with Crippen LogP contribution in [0.2, 0.25) is 0 Å². The molecule has 0 bridgehead atoms. The zero-order valence-corrected chi connectivity index (χ0v) is 8.62. The van der Waals surface area contributed by atoms with E-state index in [1.807, 2.05) is 6.92 Å². The standard InChI is InChI=1S/C11H14N2O2/c1-2-7-15-11(14)9-5-3-8(4-6-9)10(12)13/h3-6H,2,7H2,1H3,(H3,12,13). The molecular formula is C11H14N2O2. The fraction of sp³-hybridized carbons (Fsp3) is 0.273. The molecule has 1 rings (SSSR count). The van der Waals surface area contributed by atoms with Crippen molar-refractivity contribution in [3.8, 4) is 0 Å². The summed E-state index contributed by atoms with van der Waals surface area (Å²) in [6, 6.07) is 6.47. The number of carbonyl (C=O) groups excluding carboxylic acids is 1. The van der Waals surface area contributed by atoms with Gasteiger partial charge in [0, 0.05) is 5.56 Å². The zero-order valence-electron chi connectivity index (χ0n) is 8.62. The van der Waals surface area contributed by atoms with Crippen LogP contribution in [0.4, 0.5) is 0 Å². The summed E-state index contributed by atoms with van der Waals surface area (Å²) in [5.41, 5.74) is 6.37. The smallest absolute Gasteiger partial charge is 0.338 e. The van der Waals surface area contributed by atoms with E-state index in [2.05, 4.69) is 0 Å². The first-order chi connectivity index (χ1) is 7.15. The Morgan fingerprint density at radius 1 is 1.33 bits per heavy atom. The third-order valence-corrected chi connectivity index (χ3v) is 1.87. The van der Waals surface area contributed by atoms with Crippen LogP contribution in [-0.2, 0) is 4.74 Å². The molecule has 0 radical (unpaired) electrons. The molecule has 3 N–H and O–H groups in total. The van der Waals surface area contributed by atoms with E-state index in [9.17, 15) is 4.79 Å². The van der Waals surface area contributed by atoms with Crippen molar-refractivity contribution in [2.45, 2.75) is 13.3 Å². The summed E-state index contributed by atoms with van der Waals surface area (Å²) in [7, 11) is 0. The molecular weight excluding hydrogens is 192 g/mol. The van der Waals surface area contributed by atoms with Crippen LogP contribution < -0.4 is 5.73 Å². The van der Waals surface area contributed by atoms with Crippen LogP contribution in [0, 0.1) is 5.41 Å². The molecule has 0 spiro atoms. The maximum absolute atomic E-state index is 11.4. The first-order valence-electron chi connectivity index (χ1n) is 4.76. The molecule has 4 heteroatoms. The quantitative estimate of drug-likeness (QED) is 0.445. The van der Waals surface area contributed by atoms with Crippen LogP contribution in [-0.4, -0.2) is 18.4 Å². The van der Waals surface area contributed by atoms with E-state index < -0.39 is 0 Å². The van der Waals surface area contributed by atoms with E-state index in [-0.39, 0.29) is 11.8 Å². The lowest BCUT2D eigenvalue weighted by Gasteiger charge is -2.03. The average Bonchev–Trinajstić information content (AvgIpc) is 2.26. The molecule has 0 aliphatic heterocycles. The molecule has 1 aromatic rings. The SMILES string of the molecule is CCCOC(=O)c1ccc(C(=N)N)cc1. The van der Waals surface area contributed by atoms with Crippen molar-refractivity contribution in [3.63, 3.8) is 0 Å². The molecule has 15 heavy (non-hydrogen) atoms. The molecule has 0 heterocycles. The minimum atomic E-state index is -0.341. The van der Waals surface area contributed by atoms with Crippen molar-refractivity contribution in [2.24, 2.45) is 5.73 Å². The van der Waals surface area contributed by atoms with Crippen LogP contribution in [0.3, 0.4) is 0 Å². The van der Waals surface area contributed by atoms with Crippen LogP contribution in [0.15, 0.2) is 24.3 Å². The van der Waals surface area contributed by atoms with Crippen LogP contribution in [0.5, 0.6) is 0 Å². The van der Waals surface area contributed by atoms with Crippen molar-refractivity contribution < 1.29 is 9.53 Å². The van der Waals surface area contributed by atoms with Crippen molar-refractivity contribution in [2.75, 3.05) is 6.61 Å². The van der Waals surface area contributed by atoms with Crippen LogP contribution in [0.1, 0.15) is 29.3 Å². The monoisotopic (exact) mass is 206 g/mol. The molecule has 0 amide bonds. The second-order valence-electron chi connectivity index (χ2n) is 3.13. The number of hydrogen-bond acceptors (Lipinski definition) is 3. The molecule has 80 valence electrons. The topological polar surface area (TPSA) is 76.2 Å². The third kappa shape index (κ3) is 3.09. The van der Waals surface area contributed by atoms with Gasteiger partial charge < -0.3 is 10.5 Å². The minimum absolute atomic E-state index is 0.0107. The Bertz CT molecular complexity index is 357. The van der Waals surface area contributed by atoms with Crippen LogP contribution >= 0.6 is 0 Å². The molecule has 1 aromatic carbocycles. The molecule has 0 atom stereocenters. The predicted octanol–water partition coefficient (Wildman–Crippen LogP) is 1.54. The van der Waals surface area contributed by atoms with Gasteiger partial charge in [0.1, 0.15) is 5.84 Å². The Morgan fingerprint density at radius 3 is 2.33 bits per heavy atom. The molecule has 0 unspecified atom stereocenters. The number of nitrogen functional groups attached to an aromatic ring is 1. The van der Waals surface area contributed by atoms with E-state index >= 15 is 0 Å². The maximum Gasteiger partial charge on any atom is 0.338 e. The van der Waals surface area contributed by atoms with E-state index in [4.69, 9.17) is 15.9 Å². The molecule has 0 saturated carbocycles. The predicted molar refractivity (Wildman–Crippen MR) is 58.0 cm³/mol. The van der Waals surface area contributed by atoms with E-state index in [1.54, 1.807) is 24.3 Å². The fourth-order valence-electron chi connectivity index (χ4n) is 1.06. The van der Waals surface area contributed by atoms with Gasteiger partial charge in [0.25, 0.3) is 0 Å². The number of hydrogen-bond donors (Lipinski definition) is 2. The molecule has 0 saturated heterocycles. The maximum atomic E-state index is 11.4. The molecule has 0 aromatic heterocycles. The highest BCUT2D eigenvalue weighted by molar-refractivity contribution is 5.96. The van der Waals surface area contributed by atoms with Gasteiger partial charge >= 0.3 is 5.97 Å². The van der Waals surface area contributed by atoms with Gasteiger partial charge in [0.15, 0.2) is 0 Å². The number of amidine groups is 1. The lowest BCUT2D eigenvalue weighted by molar-refractivity contribution is 0.0505. The Kier molecular flexibility index (Phi) is 3.85. The van der Waals surface area contributed by atoms with Crippen molar-refractivity contribution in [3.05, 3.63) is 35.4 Å². The Morgan fingerprint density at radius 2 is 1.87 bits per heavy atom. The second kappa shape index (κ2) is 5.14. The molecule has 0 aliphatic rings. The number of rotatable bonds is 4. The summed E-state index contributed by atoms with van der Waals surface area (Å²) in [6.45, 7) is 2.36. The van der Waals surface area contributed by atoms with E-state index in [0.717, 1.165) is 6.42 Å². The lowest BCUT2D eigenvalue weighted by atomic mass is 10.1. The largest absolute Gasteiger partial charge is 0.462 e. The minimum Gasteiger partial charge on any atom is -0.462 e. The first kappa shape index (κ1) is 11.2. The van der Waals surface area contributed by atoms with E-state index in [1.165, 1.54) is 0 Å². The van der Waals surface area contributed by atoms with Gasteiger partial charge in [-0.25, -0.2) is 4.79 Å². The number of benzene rings is 1. The second-order valence-corrected chi connectivity index (χ2v) is 3.13. The van der Waals surface area contributed by atoms with Gasteiger partial charge in [-0.2, -0.15) is 0 Å². The summed E-state index contributed by atoms with van der Waals surface area (Å²) < 4.78 is 4.95. The van der Waals surface area contributed by atoms with Gasteiger partial charge in [-0.3, -0.25) is 5.41 Å². The number of esters is 1. The van der Waals surface area contributed by atoms with Crippen molar-refractivity contribution >= 4 is 11.8 Å². The first-order valence-corrected chi connectivity index (χ1v) is 4.76. The normalized spacial score (nSPS) is 9.67. The summed E-state index contributed by atoms with van der Waals surface area (Å²) in [5, 5.41) is 7.19.